The number of hydrogen-bond donors (Lipinski definition) is 1. The van der Waals surface area contributed by atoms with Gasteiger partial charge in [-0.25, -0.2) is 0 Å². The average molecular weight is 268 g/mol. The number of hydrogen-bond acceptors (Lipinski definition) is 2. The van der Waals surface area contributed by atoms with Gasteiger partial charge in [-0.05, 0) is 51.2 Å². The molecule has 0 spiro atoms. The van der Waals surface area contributed by atoms with E-state index < -0.39 is 0 Å². The summed E-state index contributed by atoms with van der Waals surface area (Å²) >= 11 is 0. The highest BCUT2D eigenvalue weighted by atomic mass is 15.1. The highest BCUT2D eigenvalue weighted by Gasteiger charge is 2.31. The zero-order valence-electron chi connectivity index (χ0n) is 13.6. The van der Waals surface area contributed by atoms with Crippen LogP contribution in [0.15, 0.2) is 0 Å². The molecule has 19 heavy (non-hydrogen) atoms. The molecule has 0 heterocycles. The molecule has 1 saturated carbocycles. The Morgan fingerprint density at radius 1 is 1.00 bits per heavy atom. The molecule has 0 aromatic rings. The smallest absolute Gasteiger partial charge is 0.00471 e. The van der Waals surface area contributed by atoms with Crippen LogP contribution < -0.4 is 5.32 Å². The lowest BCUT2D eigenvalue weighted by Gasteiger charge is -2.37. The molecular formula is C17H36N2. The predicted molar refractivity (Wildman–Crippen MR) is 85.7 cm³/mol. The van der Waals surface area contributed by atoms with E-state index in [0.29, 0.717) is 5.41 Å². The second kappa shape index (κ2) is 9.77. The molecule has 0 unspecified atom stereocenters. The molecule has 0 atom stereocenters. The van der Waals surface area contributed by atoms with Crippen LogP contribution in [0.25, 0.3) is 0 Å². The minimum Gasteiger partial charge on any atom is -0.316 e. The van der Waals surface area contributed by atoms with Crippen molar-refractivity contribution in [3.63, 3.8) is 0 Å². The number of unbranched alkanes of at least 4 members (excludes halogenated alkanes) is 1. The number of nitrogens with zero attached hydrogens (tertiary/aromatic N) is 1. The van der Waals surface area contributed by atoms with Gasteiger partial charge in [0.2, 0.25) is 0 Å². The first kappa shape index (κ1) is 17.0. The van der Waals surface area contributed by atoms with Gasteiger partial charge in [0.25, 0.3) is 0 Å². The van der Waals surface area contributed by atoms with Crippen LogP contribution in [0.3, 0.4) is 0 Å². The van der Waals surface area contributed by atoms with Crippen LogP contribution in [-0.4, -0.2) is 38.1 Å². The van der Waals surface area contributed by atoms with Crippen molar-refractivity contribution in [3.8, 4) is 0 Å². The van der Waals surface area contributed by atoms with Crippen molar-refractivity contribution in [2.24, 2.45) is 5.41 Å². The maximum absolute atomic E-state index is 3.71. The van der Waals surface area contributed by atoms with E-state index in [0.717, 1.165) is 0 Å². The molecule has 1 aliphatic carbocycles. The Kier molecular flexibility index (Phi) is 8.72. The van der Waals surface area contributed by atoms with E-state index in [1.807, 2.05) is 0 Å². The third-order valence-electron chi connectivity index (χ3n) is 4.59. The van der Waals surface area contributed by atoms with Crippen LogP contribution in [0.4, 0.5) is 0 Å². The van der Waals surface area contributed by atoms with E-state index in [4.69, 9.17) is 0 Å². The zero-order chi connectivity index (χ0) is 14.0. The summed E-state index contributed by atoms with van der Waals surface area (Å²) in [5.74, 6) is 0. The van der Waals surface area contributed by atoms with Gasteiger partial charge in [0.15, 0.2) is 0 Å². The van der Waals surface area contributed by atoms with E-state index in [-0.39, 0.29) is 0 Å². The Bertz CT molecular complexity index is 207. The molecule has 114 valence electrons. The van der Waals surface area contributed by atoms with Crippen molar-refractivity contribution in [3.05, 3.63) is 0 Å². The molecular weight excluding hydrogens is 232 g/mol. The van der Waals surface area contributed by atoms with Gasteiger partial charge in [-0.2, -0.15) is 0 Å². The number of rotatable bonds is 9. The molecule has 1 fully saturated rings. The minimum atomic E-state index is 0.550. The first-order chi connectivity index (χ1) is 9.22. The fourth-order valence-electron chi connectivity index (χ4n) is 3.48. The van der Waals surface area contributed by atoms with E-state index in [9.17, 15) is 0 Å². The quantitative estimate of drug-likeness (QED) is 0.501. The third-order valence-corrected chi connectivity index (χ3v) is 4.59. The van der Waals surface area contributed by atoms with Gasteiger partial charge in [-0.3, -0.25) is 0 Å². The molecule has 0 aromatic heterocycles. The molecule has 0 amide bonds. The highest BCUT2D eigenvalue weighted by molar-refractivity contribution is 4.86. The molecule has 0 radical (unpaired) electrons. The van der Waals surface area contributed by atoms with Gasteiger partial charge in [0.05, 0.1) is 0 Å². The predicted octanol–water partition coefficient (Wildman–Crippen LogP) is 4.06. The lowest BCUT2D eigenvalue weighted by Crippen LogP contribution is -2.43. The summed E-state index contributed by atoms with van der Waals surface area (Å²) in [6, 6.07) is 0. The summed E-state index contributed by atoms with van der Waals surface area (Å²) in [7, 11) is 2.32. The number of nitrogens with one attached hydrogen (secondary N) is 1. The first-order valence-corrected chi connectivity index (χ1v) is 8.62. The van der Waals surface area contributed by atoms with Crippen LogP contribution in [0.5, 0.6) is 0 Å². The standard InChI is InChI=1S/C17H36N2/c1-4-6-14-19(3)16-17(15-18-13-5-2)11-9-7-8-10-12-17/h18H,4-16H2,1-3H3. The SMILES string of the molecule is CCCCN(C)CC1(CNCCC)CCCCCC1. The topological polar surface area (TPSA) is 15.3 Å². The monoisotopic (exact) mass is 268 g/mol. The Hall–Kier alpha value is -0.0800. The Morgan fingerprint density at radius 2 is 1.68 bits per heavy atom. The van der Waals surface area contributed by atoms with Gasteiger partial charge < -0.3 is 10.2 Å². The van der Waals surface area contributed by atoms with E-state index in [1.54, 1.807) is 0 Å². The van der Waals surface area contributed by atoms with Gasteiger partial charge in [0.1, 0.15) is 0 Å². The summed E-state index contributed by atoms with van der Waals surface area (Å²) in [6.07, 6.45) is 12.6. The normalized spacial score (nSPS) is 19.6. The highest BCUT2D eigenvalue weighted by Crippen LogP contribution is 2.35. The summed E-state index contributed by atoms with van der Waals surface area (Å²) in [4.78, 5) is 2.59. The molecule has 0 aliphatic heterocycles. The largest absolute Gasteiger partial charge is 0.316 e. The van der Waals surface area contributed by atoms with Gasteiger partial charge >= 0.3 is 0 Å². The molecule has 2 heteroatoms. The first-order valence-electron chi connectivity index (χ1n) is 8.62. The van der Waals surface area contributed by atoms with Crippen molar-refractivity contribution in [1.29, 1.82) is 0 Å². The van der Waals surface area contributed by atoms with Crippen LogP contribution in [0.1, 0.15) is 71.6 Å². The van der Waals surface area contributed by atoms with E-state index in [2.05, 4.69) is 31.1 Å². The van der Waals surface area contributed by atoms with Crippen LogP contribution >= 0.6 is 0 Å². The molecule has 0 saturated heterocycles. The molecule has 1 rings (SSSR count). The van der Waals surface area contributed by atoms with Gasteiger partial charge in [-0.1, -0.05) is 46.0 Å². The second-order valence-electron chi connectivity index (χ2n) is 6.68. The summed E-state index contributed by atoms with van der Waals surface area (Å²) in [6.45, 7) is 9.53. The molecule has 0 bridgehead atoms. The molecule has 1 aliphatic rings. The van der Waals surface area contributed by atoms with Crippen molar-refractivity contribution in [2.45, 2.75) is 71.6 Å². The Labute approximate surface area is 121 Å². The lowest BCUT2D eigenvalue weighted by molar-refractivity contribution is 0.145. The Balaban J connectivity index is 2.51. The summed E-state index contributed by atoms with van der Waals surface area (Å²) < 4.78 is 0. The zero-order valence-corrected chi connectivity index (χ0v) is 13.6. The maximum Gasteiger partial charge on any atom is 0.00471 e. The van der Waals surface area contributed by atoms with Gasteiger partial charge in [-0.15, -0.1) is 0 Å². The lowest BCUT2D eigenvalue weighted by atomic mass is 9.79. The fraction of sp³-hybridized carbons (Fsp3) is 1.00. The van der Waals surface area contributed by atoms with Crippen molar-refractivity contribution < 1.29 is 0 Å². The van der Waals surface area contributed by atoms with E-state index >= 15 is 0 Å². The fourth-order valence-corrected chi connectivity index (χ4v) is 3.48. The third kappa shape index (κ3) is 6.76. The molecule has 1 N–H and O–H groups in total. The van der Waals surface area contributed by atoms with Crippen molar-refractivity contribution in [2.75, 3.05) is 33.2 Å². The van der Waals surface area contributed by atoms with Crippen molar-refractivity contribution >= 4 is 0 Å². The van der Waals surface area contributed by atoms with Crippen molar-refractivity contribution in [1.82, 2.24) is 10.2 Å². The second-order valence-corrected chi connectivity index (χ2v) is 6.68. The van der Waals surface area contributed by atoms with Gasteiger partial charge in [0, 0.05) is 13.1 Å². The summed E-state index contributed by atoms with van der Waals surface area (Å²) in [5.41, 5.74) is 0.550. The van der Waals surface area contributed by atoms with E-state index in [1.165, 1.54) is 84.0 Å². The minimum absolute atomic E-state index is 0.550. The maximum atomic E-state index is 3.71. The van der Waals surface area contributed by atoms with Crippen LogP contribution in [0, 0.1) is 5.41 Å². The Morgan fingerprint density at radius 3 is 2.26 bits per heavy atom. The summed E-state index contributed by atoms with van der Waals surface area (Å²) in [5, 5.41) is 3.71. The van der Waals surface area contributed by atoms with Crippen LogP contribution in [-0.2, 0) is 0 Å². The molecule has 2 nitrogen and oxygen atoms in total. The van der Waals surface area contributed by atoms with Crippen LogP contribution in [0.2, 0.25) is 0 Å². The molecule has 0 aromatic carbocycles. The average Bonchev–Trinajstić information content (AvgIpc) is 2.63.